The van der Waals surface area contributed by atoms with E-state index in [4.69, 9.17) is 45.9 Å². The lowest BCUT2D eigenvalue weighted by Gasteiger charge is -2.25. The topological polar surface area (TPSA) is 387 Å². The number of hydrogen-bond donors (Lipinski definition) is 12. The van der Waals surface area contributed by atoms with Crippen LogP contribution in [0.1, 0.15) is 51.4 Å². The third kappa shape index (κ3) is 19.0. The molecule has 0 aliphatic rings. The van der Waals surface area contributed by atoms with Gasteiger partial charge in [0.1, 0.15) is 18.1 Å². The van der Waals surface area contributed by atoms with Crippen LogP contribution in [0, 0.1) is 0 Å². The standard InChI is InChI=1S/C23H46N14O6/c24-12(4-1-9-32-21(26)27)17(39)35-13(5-2-10-33-22(28)29)18(40)36-14(6-3-11-34-23(30)31)19(41)37-15(20(42)43)7-8-16(25)38/h12-15H,1-11,24H2,(H2,25,38)(H,35,39)(H,36,40)(H,37,41)(H,42,43)(H4,26,27,32)(H4,28,29,33)(H4,30,31,34)/t12-,13-,14+,15-/m0/s1. The summed E-state index contributed by atoms with van der Waals surface area (Å²) in [6, 6.07) is -4.88. The maximum absolute atomic E-state index is 13.3. The van der Waals surface area contributed by atoms with Crippen molar-refractivity contribution >= 4 is 47.5 Å². The molecule has 0 aromatic carbocycles. The number of carbonyl (C=O) groups excluding carboxylic acids is 4. The lowest BCUT2D eigenvalue weighted by atomic mass is 10.0. The summed E-state index contributed by atoms with van der Waals surface area (Å²) in [7, 11) is 0. The van der Waals surface area contributed by atoms with E-state index in [9.17, 15) is 29.1 Å². The smallest absolute Gasteiger partial charge is 0.326 e. The zero-order valence-electron chi connectivity index (χ0n) is 24.0. The molecule has 0 fully saturated rings. The van der Waals surface area contributed by atoms with E-state index in [1.54, 1.807) is 0 Å². The average Bonchev–Trinajstić information content (AvgIpc) is 2.91. The number of aliphatic carboxylic acids is 1. The molecule has 0 radical (unpaired) electrons. The number of hydrogen-bond acceptors (Lipinski definition) is 9. The molecule has 4 atom stereocenters. The van der Waals surface area contributed by atoms with Gasteiger partial charge in [0.2, 0.25) is 23.6 Å². The van der Waals surface area contributed by atoms with E-state index < -0.39 is 53.8 Å². The molecule has 0 aromatic rings. The number of nitrogens with zero attached hydrogens (tertiary/aromatic N) is 3. The van der Waals surface area contributed by atoms with Gasteiger partial charge >= 0.3 is 5.97 Å². The van der Waals surface area contributed by atoms with Crippen LogP contribution in [0.4, 0.5) is 0 Å². The largest absolute Gasteiger partial charge is 0.480 e. The highest BCUT2D eigenvalue weighted by Crippen LogP contribution is 2.07. The van der Waals surface area contributed by atoms with Gasteiger partial charge in [-0.15, -0.1) is 0 Å². The monoisotopic (exact) mass is 614 g/mol. The van der Waals surface area contributed by atoms with E-state index in [1.807, 2.05) is 0 Å². The lowest BCUT2D eigenvalue weighted by Crippen LogP contribution is -2.57. The first-order chi connectivity index (χ1) is 20.1. The maximum Gasteiger partial charge on any atom is 0.326 e. The van der Waals surface area contributed by atoms with E-state index in [0.29, 0.717) is 6.42 Å². The minimum absolute atomic E-state index is 0.00448. The number of aliphatic imine (C=N–C) groups is 3. The SMILES string of the molecule is NC(=O)CC[C@H](NC(=O)[C@@H](CCCN=C(N)N)NC(=O)[C@H](CCCN=C(N)N)NC(=O)[C@@H](N)CCCN=C(N)N)C(=O)O. The molecule has 20 nitrogen and oxygen atoms in total. The predicted octanol–water partition coefficient (Wildman–Crippen LogP) is -5.72. The summed E-state index contributed by atoms with van der Waals surface area (Å²) >= 11 is 0. The highest BCUT2D eigenvalue weighted by Gasteiger charge is 2.30. The van der Waals surface area contributed by atoms with Gasteiger partial charge in [-0.3, -0.25) is 34.2 Å². The van der Waals surface area contributed by atoms with Crippen molar-refractivity contribution < 1.29 is 29.1 Å². The fourth-order valence-corrected chi connectivity index (χ4v) is 3.56. The second-order valence-corrected chi connectivity index (χ2v) is 9.48. The second-order valence-electron chi connectivity index (χ2n) is 9.48. The van der Waals surface area contributed by atoms with Crippen molar-refractivity contribution in [3.63, 3.8) is 0 Å². The number of amides is 4. The van der Waals surface area contributed by atoms with E-state index in [-0.39, 0.29) is 82.5 Å². The molecule has 0 aliphatic carbocycles. The fourth-order valence-electron chi connectivity index (χ4n) is 3.56. The van der Waals surface area contributed by atoms with Gasteiger partial charge in [0.25, 0.3) is 0 Å². The Morgan fingerprint density at radius 3 is 1.30 bits per heavy atom. The molecule has 20 heteroatoms. The number of carboxylic acids is 1. The van der Waals surface area contributed by atoms with Crippen molar-refractivity contribution in [1.29, 1.82) is 0 Å². The van der Waals surface area contributed by atoms with Crippen LogP contribution in [0.15, 0.2) is 15.0 Å². The summed E-state index contributed by atoms with van der Waals surface area (Å²) in [5, 5.41) is 16.9. The maximum atomic E-state index is 13.3. The molecule has 0 bridgehead atoms. The minimum Gasteiger partial charge on any atom is -0.480 e. The minimum atomic E-state index is -1.45. The molecular weight excluding hydrogens is 568 g/mol. The molecule has 0 spiro atoms. The summed E-state index contributed by atoms with van der Waals surface area (Å²) in [5.74, 6) is -4.84. The summed E-state index contributed by atoms with van der Waals surface area (Å²) < 4.78 is 0. The van der Waals surface area contributed by atoms with Crippen molar-refractivity contribution in [3.8, 4) is 0 Å². The van der Waals surface area contributed by atoms with Crippen molar-refractivity contribution in [1.82, 2.24) is 16.0 Å². The molecule has 0 heterocycles. The van der Waals surface area contributed by atoms with Crippen LogP contribution in [0.2, 0.25) is 0 Å². The van der Waals surface area contributed by atoms with Gasteiger partial charge < -0.3 is 66.9 Å². The van der Waals surface area contributed by atoms with E-state index in [2.05, 4.69) is 30.9 Å². The highest BCUT2D eigenvalue weighted by molar-refractivity contribution is 5.94. The zero-order chi connectivity index (χ0) is 32.9. The summed E-state index contributed by atoms with van der Waals surface area (Å²) in [6.45, 7) is 0.508. The van der Waals surface area contributed by atoms with Crippen LogP contribution in [0.3, 0.4) is 0 Å². The highest BCUT2D eigenvalue weighted by atomic mass is 16.4. The third-order valence-electron chi connectivity index (χ3n) is 5.75. The first-order valence-electron chi connectivity index (χ1n) is 13.5. The zero-order valence-corrected chi connectivity index (χ0v) is 24.0. The van der Waals surface area contributed by atoms with Crippen LogP contribution in [0.5, 0.6) is 0 Å². The summed E-state index contributed by atoms with van der Waals surface area (Å²) in [5.41, 5.74) is 43.0. The molecule has 43 heavy (non-hydrogen) atoms. The van der Waals surface area contributed by atoms with Crippen LogP contribution in [-0.4, -0.2) is 96.4 Å². The van der Waals surface area contributed by atoms with E-state index in [1.165, 1.54) is 0 Å². The number of nitrogens with one attached hydrogen (secondary N) is 3. The number of primary amides is 1. The second kappa shape index (κ2) is 20.9. The number of nitrogens with two attached hydrogens (primary N) is 8. The van der Waals surface area contributed by atoms with Gasteiger partial charge in [-0.25, -0.2) is 4.79 Å². The van der Waals surface area contributed by atoms with Gasteiger partial charge in [0, 0.05) is 26.1 Å². The van der Waals surface area contributed by atoms with Gasteiger partial charge in [-0.1, -0.05) is 0 Å². The van der Waals surface area contributed by atoms with Gasteiger partial charge in [0.15, 0.2) is 17.9 Å². The van der Waals surface area contributed by atoms with Gasteiger partial charge in [0.05, 0.1) is 6.04 Å². The average molecular weight is 615 g/mol. The Balaban J connectivity index is 5.77. The Kier molecular flexibility index (Phi) is 18.5. The van der Waals surface area contributed by atoms with Crippen molar-refractivity contribution in [3.05, 3.63) is 0 Å². The number of carboxylic acid groups (broad SMARTS) is 1. The predicted molar refractivity (Wildman–Crippen MR) is 160 cm³/mol. The van der Waals surface area contributed by atoms with Gasteiger partial charge in [-0.2, -0.15) is 0 Å². The third-order valence-corrected chi connectivity index (χ3v) is 5.75. The Labute approximate surface area is 248 Å². The number of rotatable bonds is 22. The first kappa shape index (κ1) is 38.1. The Bertz CT molecular complexity index is 1020. The van der Waals surface area contributed by atoms with Crippen LogP contribution in [0.25, 0.3) is 0 Å². The number of guanidine groups is 3. The molecule has 0 aliphatic heterocycles. The quantitative estimate of drug-likeness (QED) is 0.0307. The fraction of sp³-hybridized carbons (Fsp3) is 0.652. The molecule has 0 saturated carbocycles. The van der Waals surface area contributed by atoms with Crippen molar-refractivity contribution in [2.24, 2.45) is 60.8 Å². The molecule has 20 N–H and O–H groups in total. The van der Waals surface area contributed by atoms with Crippen LogP contribution >= 0.6 is 0 Å². The van der Waals surface area contributed by atoms with Crippen LogP contribution in [-0.2, 0) is 24.0 Å². The molecule has 0 aromatic heterocycles. The van der Waals surface area contributed by atoms with Crippen molar-refractivity contribution in [2.45, 2.75) is 75.5 Å². The Morgan fingerprint density at radius 1 is 0.558 bits per heavy atom. The molecular formula is C23H46N14O6. The van der Waals surface area contributed by atoms with E-state index >= 15 is 0 Å². The Hall–Kier alpha value is -4.88. The van der Waals surface area contributed by atoms with Crippen LogP contribution < -0.4 is 61.8 Å². The number of carbonyl (C=O) groups is 5. The normalized spacial score (nSPS) is 13.2. The molecule has 244 valence electrons. The first-order valence-corrected chi connectivity index (χ1v) is 13.5. The lowest BCUT2D eigenvalue weighted by molar-refractivity contribution is -0.142. The van der Waals surface area contributed by atoms with Gasteiger partial charge in [-0.05, 0) is 44.9 Å². The van der Waals surface area contributed by atoms with E-state index in [0.717, 1.165) is 0 Å². The molecule has 0 unspecified atom stereocenters. The summed E-state index contributed by atoms with van der Waals surface area (Å²) in [4.78, 5) is 73.4. The molecule has 4 amide bonds. The Morgan fingerprint density at radius 2 is 0.930 bits per heavy atom. The molecule has 0 saturated heterocycles. The molecule has 0 rings (SSSR count). The van der Waals surface area contributed by atoms with Crippen molar-refractivity contribution in [2.75, 3.05) is 19.6 Å². The summed E-state index contributed by atoms with van der Waals surface area (Å²) in [6.07, 6.45) is 0.589.